The molecule has 1 aromatic heterocycles. The molecule has 0 fully saturated rings. The number of imidazole rings is 1. The zero-order chi connectivity index (χ0) is 9.90. The van der Waals surface area contributed by atoms with Crippen LogP contribution >= 0.6 is 0 Å². The van der Waals surface area contributed by atoms with Gasteiger partial charge in [-0.1, -0.05) is 0 Å². The van der Waals surface area contributed by atoms with Crippen LogP contribution in [-0.4, -0.2) is 16.1 Å². The van der Waals surface area contributed by atoms with Crippen molar-refractivity contribution in [3.8, 4) is 0 Å². The molecule has 1 rings (SSSR count). The van der Waals surface area contributed by atoms with Crippen molar-refractivity contribution in [2.75, 3.05) is 6.54 Å². The van der Waals surface area contributed by atoms with E-state index in [4.69, 9.17) is 5.73 Å². The molecule has 0 atom stereocenters. The van der Waals surface area contributed by atoms with Crippen LogP contribution in [0.25, 0.3) is 0 Å². The van der Waals surface area contributed by atoms with Gasteiger partial charge in [-0.25, -0.2) is 4.98 Å². The predicted octanol–water partition coefficient (Wildman–Crippen LogP) is 1.53. The summed E-state index contributed by atoms with van der Waals surface area (Å²) in [5.74, 6) is 0. The fourth-order valence-corrected chi connectivity index (χ4v) is 1.39. The van der Waals surface area contributed by atoms with E-state index in [2.05, 4.69) is 30.3 Å². The highest BCUT2D eigenvalue weighted by atomic mass is 15.1. The van der Waals surface area contributed by atoms with Gasteiger partial charge in [-0.3, -0.25) is 0 Å². The maximum absolute atomic E-state index is 5.47. The fraction of sp³-hybridized carbons (Fsp3) is 0.700. The Bertz CT molecular complexity index is 257. The van der Waals surface area contributed by atoms with Gasteiger partial charge in [0.1, 0.15) is 0 Å². The molecule has 0 amide bonds. The largest absolute Gasteiger partial charge is 0.330 e. The van der Waals surface area contributed by atoms with Gasteiger partial charge in [0.05, 0.1) is 6.33 Å². The predicted molar refractivity (Wildman–Crippen MR) is 54.6 cm³/mol. The van der Waals surface area contributed by atoms with Crippen molar-refractivity contribution >= 4 is 0 Å². The highest BCUT2D eigenvalue weighted by molar-refractivity contribution is 5.02. The van der Waals surface area contributed by atoms with Crippen LogP contribution in [0.15, 0.2) is 12.5 Å². The Balaban J connectivity index is 2.77. The molecule has 13 heavy (non-hydrogen) atoms. The maximum atomic E-state index is 5.47. The van der Waals surface area contributed by atoms with E-state index in [1.807, 2.05) is 12.5 Å². The quantitative estimate of drug-likeness (QED) is 0.768. The lowest BCUT2D eigenvalue weighted by molar-refractivity contribution is 0.383. The number of aromatic nitrogens is 2. The zero-order valence-electron chi connectivity index (χ0n) is 8.75. The summed E-state index contributed by atoms with van der Waals surface area (Å²) in [6, 6.07) is 0. The molecule has 0 saturated carbocycles. The van der Waals surface area contributed by atoms with Crippen LogP contribution in [0.5, 0.6) is 0 Å². The summed E-state index contributed by atoms with van der Waals surface area (Å²) >= 11 is 0. The van der Waals surface area contributed by atoms with Crippen molar-refractivity contribution in [3.63, 3.8) is 0 Å². The van der Waals surface area contributed by atoms with E-state index in [9.17, 15) is 0 Å². The van der Waals surface area contributed by atoms with Crippen LogP contribution in [0.4, 0.5) is 0 Å². The molecular formula is C10H19N3. The lowest BCUT2D eigenvalue weighted by atomic mass is 10.1. The van der Waals surface area contributed by atoms with Crippen LogP contribution in [0.1, 0.15) is 32.9 Å². The molecule has 1 heterocycles. The second-order valence-electron chi connectivity index (χ2n) is 4.32. The topological polar surface area (TPSA) is 43.8 Å². The van der Waals surface area contributed by atoms with Gasteiger partial charge >= 0.3 is 0 Å². The van der Waals surface area contributed by atoms with Crippen LogP contribution in [0, 0.1) is 0 Å². The highest BCUT2D eigenvalue weighted by Gasteiger charge is 2.15. The number of aryl methyl sites for hydroxylation is 1. The standard InChI is InChI=1S/C10H19N3/c1-10(2,3)13-8-12-7-9(13)5-4-6-11/h7-8H,4-6,11H2,1-3H3. The molecule has 0 spiro atoms. The highest BCUT2D eigenvalue weighted by Crippen LogP contribution is 2.17. The first-order valence-electron chi connectivity index (χ1n) is 4.77. The Kier molecular flexibility index (Phi) is 3.09. The average molecular weight is 181 g/mol. The van der Waals surface area contributed by atoms with Gasteiger partial charge in [0.25, 0.3) is 0 Å². The summed E-state index contributed by atoms with van der Waals surface area (Å²) < 4.78 is 2.21. The summed E-state index contributed by atoms with van der Waals surface area (Å²) in [4.78, 5) is 4.16. The molecule has 74 valence electrons. The molecule has 0 bridgehead atoms. The summed E-state index contributed by atoms with van der Waals surface area (Å²) in [5, 5.41) is 0. The van der Waals surface area contributed by atoms with Gasteiger partial charge in [0, 0.05) is 17.4 Å². The van der Waals surface area contributed by atoms with Crippen molar-refractivity contribution in [1.82, 2.24) is 9.55 Å². The Morgan fingerprint density at radius 2 is 2.15 bits per heavy atom. The SMILES string of the molecule is CC(C)(C)n1cncc1CCCN. The second kappa shape index (κ2) is 3.92. The third-order valence-corrected chi connectivity index (χ3v) is 2.07. The summed E-state index contributed by atoms with van der Waals surface area (Å²) in [6.45, 7) is 7.29. The van der Waals surface area contributed by atoms with Gasteiger partial charge in [-0.15, -0.1) is 0 Å². The summed E-state index contributed by atoms with van der Waals surface area (Å²) in [5.41, 5.74) is 6.88. The fourth-order valence-electron chi connectivity index (χ4n) is 1.39. The van der Waals surface area contributed by atoms with Crippen LogP contribution in [0.3, 0.4) is 0 Å². The van der Waals surface area contributed by atoms with Crippen LogP contribution < -0.4 is 5.73 Å². The Morgan fingerprint density at radius 3 is 2.69 bits per heavy atom. The molecule has 2 N–H and O–H groups in total. The van der Waals surface area contributed by atoms with E-state index < -0.39 is 0 Å². The van der Waals surface area contributed by atoms with Gasteiger partial charge in [0.2, 0.25) is 0 Å². The molecule has 3 nitrogen and oxygen atoms in total. The van der Waals surface area contributed by atoms with E-state index in [-0.39, 0.29) is 5.54 Å². The van der Waals surface area contributed by atoms with E-state index in [0.717, 1.165) is 19.4 Å². The molecule has 0 aliphatic heterocycles. The third kappa shape index (κ3) is 2.56. The normalized spacial score (nSPS) is 12.0. The van der Waals surface area contributed by atoms with Crippen molar-refractivity contribution in [2.24, 2.45) is 5.73 Å². The third-order valence-electron chi connectivity index (χ3n) is 2.07. The van der Waals surface area contributed by atoms with Crippen LogP contribution in [-0.2, 0) is 12.0 Å². The molecule has 1 aromatic rings. The van der Waals surface area contributed by atoms with Crippen LogP contribution in [0.2, 0.25) is 0 Å². The first-order valence-corrected chi connectivity index (χ1v) is 4.77. The van der Waals surface area contributed by atoms with Gasteiger partial charge in [0.15, 0.2) is 0 Å². The number of hydrogen-bond acceptors (Lipinski definition) is 2. The first-order chi connectivity index (χ1) is 6.05. The van der Waals surface area contributed by atoms with Gasteiger partial charge < -0.3 is 10.3 Å². The van der Waals surface area contributed by atoms with Crippen molar-refractivity contribution in [1.29, 1.82) is 0 Å². The van der Waals surface area contributed by atoms with Crippen molar-refractivity contribution in [3.05, 3.63) is 18.2 Å². The molecule has 0 aromatic carbocycles. The van der Waals surface area contributed by atoms with Crippen molar-refractivity contribution < 1.29 is 0 Å². The number of nitrogens with zero attached hydrogens (tertiary/aromatic N) is 2. The molecule has 0 saturated heterocycles. The lowest BCUT2D eigenvalue weighted by Crippen LogP contribution is -2.23. The van der Waals surface area contributed by atoms with Crippen molar-refractivity contribution in [2.45, 2.75) is 39.2 Å². The minimum absolute atomic E-state index is 0.125. The van der Waals surface area contributed by atoms with E-state index in [1.165, 1.54) is 5.69 Å². The number of nitrogens with two attached hydrogens (primary N) is 1. The van der Waals surface area contributed by atoms with Gasteiger partial charge in [-0.2, -0.15) is 0 Å². The smallest absolute Gasteiger partial charge is 0.0953 e. The molecule has 0 radical (unpaired) electrons. The first kappa shape index (κ1) is 10.3. The molecular weight excluding hydrogens is 162 g/mol. The van der Waals surface area contributed by atoms with Gasteiger partial charge in [-0.05, 0) is 40.2 Å². The Hall–Kier alpha value is -0.830. The maximum Gasteiger partial charge on any atom is 0.0953 e. The second-order valence-corrected chi connectivity index (χ2v) is 4.32. The molecule has 3 heteroatoms. The van der Waals surface area contributed by atoms with E-state index in [0.29, 0.717) is 0 Å². The Morgan fingerprint density at radius 1 is 1.46 bits per heavy atom. The monoisotopic (exact) mass is 181 g/mol. The average Bonchev–Trinajstić information content (AvgIpc) is 2.47. The summed E-state index contributed by atoms with van der Waals surface area (Å²) in [7, 11) is 0. The lowest BCUT2D eigenvalue weighted by Gasteiger charge is -2.23. The zero-order valence-corrected chi connectivity index (χ0v) is 8.75. The molecule has 0 aliphatic carbocycles. The number of hydrogen-bond donors (Lipinski definition) is 1. The van der Waals surface area contributed by atoms with E-state index in [1.54, 1.807) is 0 Å². The molecule has 0 unspecified atom stereocenters. The minimum atomic E-state index is 0.125. The van der Waals surface area contributed by atoms with E-state index >= 15 is 0 Å². The minimum Gasteiger partial charge on any atom is -0.330 e. The summed E-state index contributed by atoms with van der Waals surface area (Å²) in [6.07, 6.45) is 5.88. The molecule has 0 aliphatic rings. The Labute approximate surface area is 80.0 Å². The number of rotatable bonds is 3.